The summed E-state index contributed by atoms with van der Waals surface area (Å²) < 4.78 is 15.0. The predicted octanol–water partition coefficient (Wildman–Crippen LogP) is 4.02. The maximum absolute atomic E-state index is 5.36. The molecule has 2 nitrogen and oxygen atoms in total. The summed E-state index contributed by atoms with van der Waals surface area (Å²) in [5.74, 6) is 1.83. The van der Waals surface area contributed by atoms with Gasteiger partial charge in [-0.3, -0.25) is 0 Å². The SMILES string of the molecule is COc1cc[c]([SnH]([CH2]C(C)(C)c2ccccc2)[c]2ccc(OC)cc2)cc1. The summed E-state index contributed by atoms with van der Waals surface area (Å²) in [5.41, 5.74) is 1.55. The molecule has 3 heteroatoms. The Balaban J connectivity index is 1.97. The molecule has 0 aliphatic heterocycles. The molecule has 0 aliphatic rings. The summed E-state index contributed by atoms with van der Waals surface area (Å²) in [6.45, 7) is 4.75. The van der Waals surface area contributed by atoms with Crippen LogP contribution in [-0.4, -0.2) is 34.0 Å². The van der Waals surface area contributed by atoms with Crippen molar-refractivity contribution in [3.8, 4) is 11.5 Å². The van der Waals surface area contributed by atoms with E-state index in [9.17, 15) is 0 Å². The van der Waals surface area contributed by atoms with E-state index in [1.54, 1.807) is 14.2 Å². The first kappa shape index (κ1) is 19.8. The fourth-order valence-electron chi connectivity index (χ4n) is 3.62. The molecule has 0 atom stereocenters. The van der Waals surface area contributed by atoms with Crippen LogP contribution in [0.4, 0.5) is 0 Å². The number of hydrogen-bond acceptors (Lipinski definition) is 2. The molecular formula is C24H28O2Sn. The third-order valence-corrected chi connectivity index (χ3v) is 16.2. The van der Waals surface area contributed by atoms with E-state index in [1.165, 1.54) is 17.2 Å². The van der Waals surface area contributed by atoms with Gasteiger partial charge in [-0.15, -0.1) is 0 Å². The zero-order chi connectivity index (χ0) is 19.3. The molecule has 0 unspecified atom stereocenters. The fourth-order valence-corrected chi connectivity index (χ4v) is 13.4. The average Bonchev–Trinajstić information content (AvgIpc) is 2.73. The van der Waals surface area contributed by atoms with Crippen LogP contribution in [0.1, 0.15) is 19.4 Å². The Morgan fingerprint density at radius 1 is 0.667 bits per heavy atom. The topological polar surface area (TPSA) is 18.5 Å². The first-order valence-corrected chi connectivity index (χ1v) is 15.0. The van der Waals surface area contributed by atoms with Crippen LogP contribution in [0, 0.1) is 0 Å². The van der Waals surface area contributed by atoms with Crippen molar-refractivity contribution in [3.05, 3.63) is 84.4 Å². The standard InChI is InChI=1S/C10H13.2C7H7O.Sn.H/c1-10(2,3)9-7-5-4-6-8-9;2*1-8-7-5-3-2-4-6-7;;/h4-8H,1H2,2-3H3;2*3-6H,1H3;;. The van der Waals surface area contributed by atoms with Crippen LogP contribution in [0.3, 0.4) is 0 Å². The fraction of sp³-hybridized carbons (Fsp3) is 0.250. The van der Waals surface area contributed by atoms with E-state index < -0.39 is 19.8 Å². The molecule has 0 aromatic heterocycles. The Morgan fingerprint density at radius 2 is 1.11 bits per heavy atom. The molecular weight excluding hydrogens is 439 g/mol. The van der Waals surface area contributed by atoms with Gasteiger partial charge in [0.25, 0.3) is 0 Å². The third kappa shape index (κ3) is 4.86. The van der Waals surface area contributed by atoms with Crippen molar-refractivity contribution in [1.29, 1.82) is 0 Å². The molecule has 0 aliphatic carbocycles. The molecule has 0 radical (unpaired) electrons. The van der Waals surface area contributed by atoms with Crippen LogP contribution in [-0.2, 0) is 5.41 Å². The number of benzene rings is 3. The summed E-state index contributed by atoms with van der Waals surface area (Å²) in [6, 6.07) is 28.3. The van der Waals surface area contributed by atoms with Gasteiger partial charge in [-0.05, 0) is 0 Å². The van der Waals surface area contributed by atoms with Gasteiger partial charge in [-0.25, -0.2) is 0 Å². The molecule has 0 amide bonds. The molecule has 0 spiro atoms. The van der Waals surface area contributed by atoms with E-state index in [1.807, 2.05) is 0 Å². The Hall–Kier alpha value is -1.94. The molecule has 3 aromatic carbocycles. The molecule has 0 saturated carbocycles. The van der Waals surface area contributed by atoms with Crippen molar-refractivity contribution >= 4 is 26.9 Å². The second kappa shape index (κ2) is 8.83. The minimum atomic E-state index is -2.29. The van der Waals surface area contributed by atoms with Crippen LogP contribution >= 0.6 is 0 Å². The molecule has 0 fully saturated rings. The van der Waals surface area contributed by atoms with Gasteiger partial charge in [0.2, 0.25) is 0 Å². The molecule has 3 rings (SSSR count). The molecule has 0 bridgehead atoms. The number of ether oxygens (including phenoxy) is 2. The van der Waals surface area contributed by atoms with Crippen LogP contribution in [0.25, 0.3) is 0 Å². The first-order valence-electron chi connectivity index (χ1n) is 9.37. The zero-order valence-electron chi connectivity index (χ0n) is 16.6. The van der Waals surface area contributed by atoms with Crippen molar-refractivity contribution in [1.82, 2.24) is 0 Å². The molecule has 140 valence electrons. The van der Waals surface area contributed by atoms with Crippen LogP contribution in [0.5, 0.6) is 11.5 Å². The summed E-state index contributed by atoms with van der Waals surface area (Å²) in [4.78, 5) is 0. The second-order valence-electron chi connectivity index (χ2n) is 7.55. The predicted molar refractivity (Wildman–Crippen MR) is 117 cm³/mol. The molecule has 3 aromatic rings. The summed E-state index contributed by atoms with van der Waals surface area (Å²) in [5, 5.41) is 0. The van der Waals surface area contributed by atoms with Crippen LogP contribution in [0.2, 0.25) is 4.44 Å². The third-order valence-electron chi connectivity index (χ3n) is 5.31. The summed E-state index contributed by atoms with van der Waals surface area (Å²) >= 11 is -2.29. The Kier molecular flexibility index (Phi) is 6.48. The van der Waals surface area contributed by atoms with Crippen molar-refractivity contribution in [3.63, 3.8) is 0 Å². The molecule has 0 heterocycles. The Morgan fingerprint density at radius 3 is 1.52 bits per heavy atom. The average molecular weight is 467 g/mol. The van der Waals surface area contributed by atoms with Gasteiger partial charge >= 0.3 is 170 Å². The van der Waals surface area contributed by atoms with E-state index in [0.717, 1.165) is 11.5 Å². The van der Waals surface area contributed by atoms with Gasteiger partial charge in [0.15, 0.2) is 0 Å². The first-order chi connectivity index (χ1) is 13.0. The Bertz CT molecular complexity index is 792. The van der Waals surface area contributed by atoms with Gasteiger partial charge in [-0.1, -0.05) is 0 Å². The number of hydrogen-bond donors (Lipinski definition) is 0. The van der Waals surface area contributed by atoms with Gasteiger partial charge in [0, 0.05) is 0 Å². The van der Waals surface area contributed by atoms with Crippen molar-refractivity contribution in [2.75, 3.05) is 14.2 Å². The van der Waals surface area contributed by atoms with Gasteiger partial charge in [0.05, 0.1) is 0 Å². The van der Waals surface area contributed by atoms with Crippen molar-refractivity contribution in [2.24, 2.45) is 0 Å². The molecule has 27 heavy (non-hydrogen) atoms. The van der Waals surface area contributed by atoms with Crippen LogP contribution in [0.15, 0.2) is 78.9 Å². The summed E-state index contributed by atoms with van der Waals surface area (Å²) in [6.07, 6.45) is 0. The maximum atomic E-state index is 5.36. The monoisotopic (exact) mass is 468 g/mol. The van der Waals surface area contributed by atoms with E-state index in [-0.39, 0.29) is 5.41 Å². The quantitative estimate of drug-likeness (QED) is 0.489. The second-order valence-corrected chi connectivity index (χ2v) is 15.7. The summed E-state index contributed by atoms with van der Waals surface area (Å²) in [7, 11) is 3.44. The van der Waals surface area contributed by atoms with Gasteiger partial charge in [0.1, 0.15) is 0 Å². The molecule has 0 saturated heterocycles. The van der Waals surface area contributed by atoms with E-state index >= 15 is 0 Å². The number of rotatable bonds is 7. The van der Waals surface area contributed by atoms with Crippen molar-refractivity contribution in [2.45, 2.75) is 23.7 Å². The van der Waals surface area contributed by atoms with Crippen molar-refractivity contribution < 1.29 is 9.47 Å². The van der Waals surface area contributed by atoms with Gasteiger partial charge in [-0.2, -0.15) is 0 Å². The van der Waals surface area contributed by atoms with Crippen LogP contribution < -0.4 is 16.6 Å². The minimum absolute atomic E-state index is 0.141. The normalized spacial score (nSPS) is 11.4. The van der Waals surface area contributed by atoms with E-state index in [0.29, 0.717) is 0 Å². The molecule has 0 N–H and O–H groups in total. The number of methoxy groups -OCH3 is 2. The van der Waals surface area contributed by atoms with Gasteiger partial charge < -0.3 is 0 Å². The Labute approximate surface area is 169 Å². The van der Waals surface area contributed by atoms with E-state index in [4.69, 9.17) is 9.47 Å². The zero-order valence-corrected chi connectivity index (χ0v) is 19.9. The van der Waals surface area contributed by atoms with E-state index in [2.05, 4.69) is 92.7 Å².